The van der Waals surface area contributed by atoms with Crippen LogP contribution in [0.25, 0.3) is 0 Å². The van der Waals surface area contributed by atoms with E-state index >= 15 is 0 Å². The second-order valence-corrected chi connectivity index (χ2v) is 11.4. The molecule has 5 rings (SSSR count). The van der Waals surface area contributed by atoms with Gasteiger partial charge in [-0.15, -0.1) is 0 Å². The van der Waals surface area contributed by atoms with E-state index in [1.54, 1.807) is 14.2 Å². The van der Waals surface area contributed by atoms with Crippen LogP contribution in [0.1, 0.15) is 49.7 Å². The number of nitrogens with zero attached hydrogens (tertiary/aromatic N) is 2. The van der Waals surface area contributed by atoms with E-state index in [9.17, 15) is 18.0 Å². The Labute approximate surface area is 234 Å². The lowest BCUT2D eigenvalue weighted by atomic mass is 9.65. The van der Waals surface area contributed by atoms with Crippen molar-refractivity contribution in [2.24, 2.45) is 0 Å². The fourth-order valence-electron chi connectivity index (χ4n) is 7.09. The molecule has 0 bridgehead atoms. The summed E-state index contributed by atoms with van der Waals surface area (Å²) in [5, 5.41) is 5.68. The fraction of sp³-hybridized carbons (Fsp3) is 0.567. The Morgan fingerprint density at radius 3 is 2.42 bits per heavy atom. The summed E-state index contributed by atoms with van der Waals surface area (Å²) in [5.74, 6) is 1.41. The molecule has 218 valence electrons. The zero-order chi connectivity index (χ0) is 28.5. The van der Waals surface area contributed by atoms with E-state index < -0.39 is 17.8 Å². The molecule has 3 aliphatic rings. The van der Waals surface area contributed by atoms with E-state index in [2.05, 4.69) is 39.6 Å². The Balaban J connectivity index is 1.35. The fourth-order valence-corrected chi connectivity index (χ4v) is 7.09. The van der Waals surface area contributed by atoms with Gasteiger partial charge in [0.25, 0.3) is 0 Å². The molecule has 1 saturated carbocycles. The number of amides is 2. The SMILES string of the molecule is COc1ccc(C23CCC(NC(=O)Nc4cccc(C(F)(F)F)c4)CC2N(C2CCN(C)CC2)CC3)cc1OC. The minimum Gasteiger partial charge on any atom is -0.493 e. The molecule has 3 atom stereocenters. The number of fused-ring (bicyclic) bond motifs is 1. The average Bonchev–Trinajstić information content (AvgIpc) is 3.32. The summed E-state index contributed by atoms with van der Waals surface area (Å²) in [6, 6.07) is 11.1. The number of likely N-dealkylation sites (tertiary alicyclic amines) is 2. The molecule has 40 heavy (non-hydrogen) atoms. The van der Waals surface area contributed by atoms with Crippen molar-refractivity contribution < 1.29 is 27.4 Å². The van der Waals surface area contributed by atoms with Gasteiger partial charge in [-0.3, -0.25) is 4.90 Å². The lowest BCUT2D eigenvalue weighted by Crippen LogP contribution is -2.56. The van der Waals surface area contributed by atoms with Gasteiger partial charge in [-0.25, -0.2) is 4.79 Å². The molecule has 2 aliphatic heterocycles. The molecule has 2 aromatic rings. The van der Waals surface area contributed by atoms with Gasteiger partial charge < -0.3 is 25.0 Å². The van der Waals surface area contributed by atoms with E-state index in [-0.39, 0.29) is 23.2 Å². The number of piperidine rings is 1. The first-order valence-electron chi connectivity index (χ1n) is 14.0. The number of methoxy groups -OCH3 is 2. The number of halogens is 3. The van der Waals surface area contributed by atoms with Crippen molar-refractivity contribution in [1.29, 1.82) is 0 Å². The van der Waals surface area contributed by atoms with Crippen molar-refractivity contribution in [2.45, 2.75) is 68.2 Å². The first-order chi connectivity index (χ1) is 19.1. The normalized spacial score (nSPS) is 26.2. The highest BCUT2D eigenvalue weighted by Gasteiger charge is 2.53. The van der Waals surface area contributed by atoms with Crippen LogP contribution in [0, 0.1) is 0 Å². The summed E-state index contributed by atoms with van der Waals surface area (Å²) < 4.78 is 50.5. The predicted octanol–water partition coefficient (Wildman–Crippen LogP) is 5.50. The molecule has 0 spiro atoms. The van der Waals surface area contributed by atoms with E-state index in [1.165, 1.54) is 17.7 Å². The van der Waals surface area contributed by atoms with Crippen LogP contribution in [0.2, 0.25) is 0 Å². The molecule has 2 saturated heterocycles. The van der Waals surface area contributed by atoms with Gasteiger partial charge in [-0.1, -0.05) is 12.1 Å². The smallest absolute Gasteiger partial charge is 0.416 e. The van der Waals surface area contributed by atoms with Crippen LogP contribution >= 0.6 is 0 Å². The average molecular weight is 561 g/mol. The highest BCUT2D eigenvalue weighted by molar-refractivity contribution is 5.89. The van der Waals surface area contributed by atoms with Crippen LogP contribution in [0.5, 0.6) is 11.5 Å². The number of rotatable bonds is 6. The van der Waals surface area contributed by atoms with Crippen LogP contribution in [0.4, 0.5) is 23.7 Å². The topological polar surface area (TPSA) is 66.1 Å². The number of carbonyl (C=O) groups is 1. The van der Waals surface area contributed by atoms with Crippen molar-refractivity contribution in [2.75, 3.05) is 46.2 Å². The van der Waals surface area contributed by atoms with Gasteiger partial charge in [-0.2, -0.15) is 13.2 Å². The molecule has 3 unspecified atom stereocenters. The second kappa shape index (κ2) is 11.5. The van der Waals surface area contributed by atoms with Crippen molar-refractivity contribution in [3.63, 3.8) is 0 Å². The second-order valence-electron chi connectivity index (χ2n) is 11.4. The van der Waals surface area contributed by atoms with E-state index in [1.807, 2.05) is 6.07 Å². The first kappa shape index (κ1) is 28.5. The molecule has 2 amide bonds. The number of hydrogen-bond acceptors (Lipinski definition) is 5. The molecule has 2 N–H and O–H groups in total. The third-order valence-corrected chi connectivity index (χ3v) is 9.20. The molecule has 3 fully saturated rings. The third kappa shape index (κ3) is 5.74. The quantitative estimate of drug-likeness (QED) is 0.488. The first-order valence-corrected chi connectivity index (χ1v) is 14.0. The summed E-state index contributed by atoms with van der Waals surface area (Å²) in [7, 11) is 5.45. The number of benzene rings is 2. The summed E-state index contributed by atoms with van der Waals surface area (Å²) >= 11 is 0. The number of anilines is 1. The predicted molar refractivity (Wildman–Crippen MR) is 148 cm³/mol. The summed E-state index contributed by atoms with van der Waals surface area (Å²) in [5.41, 5.74) is 0.495. The van der Waals surface area contributed by atoms with Crippen molar-refractivity contribution in [1.82, 2.24) is 15.1 Å². The molecule has 10 heteroatoms. The Hall–Kier alpha value is -2.98. The monoisotopic (exact) mass is 560 g/mol. The summed E-state index contributed by atoms with van der Waals surface area (Å²) in [4.78, 5) is 17.9. The van der Waals surface area contributed by atoms with E-state index in [0.29, 0.717) is 17.5 Å². The minimum atomic E-state index is -4.47. The molecule has 0 radical (unpaired) electrons. The molecule has 1 aliphatic carbocycles. The number of hydrogen-bond donors (Lipinski definition) is 2. The molecule has 2 aromatic carbocycles. The summed E-state index contributed by atoms with van der Waals surface area (Å²) in [6.07, 6.45) is 1.24. The molecule has 7 nitrogen and oxygen atoms in total. The number of ether oxygens (including phenoxy) is 2. The van der Waals surface area contributed by atoms with Crippen LogP contribution in [0.15, 0.2) is 42.5 Å². The molecular weight excluding hydrogens is 521 g/mol. The van der Waals surface area contributed by atoms with Gasteiger partial charge in [0.15, 0.2) is 11.5 Å². The molecule has 0 aromatic heterocycles. The Morgan fingerprint density at radius 1 is 0.975 bits per heavy atom. The van der Waals surface area contributed by atoms with Gasteiger partial charge >= 0.3 is 12.2 Å². The van der Waals surface area contributed by atoms with Crippen molar-refractivity contribution in [3.8, 4) is 11.5 Å². The van der Waals surface area contributed by atoms with Crippen LogP contribution in [-0.4, -0.2) is 74.9 Å². The number of urea groups is 1. The Kier molecular flexibility index (Phi) is 8.20. The van der Waals surface area contributed by atoms with Crippen LogP contribution < -0.4 is 20.1 Å². The summed E-state index contributed by atoms with van der Waals surface area (Å²) in [6.45, 7) is 3.13. The van der Waals surface area contributed by atoms with Crippen molar-refractivity contribution >= 4 is 11.7 Å². The van der Waals surface area contributed by atoms with Gasteiger partial charge in [0, 0.05) is 29.2 Å². The van der Waals surface area contributed by atoms with Gasteiger partial charge in [-0.05, 0) is 101 Å². The largest absolute Gasteiger partial charge is 0.493 e. The highest BCUT2D eigenvalue weighted by atomic mass is 19.4. The van der Waals surface area contributed by atoms with Gasteiger partial charge in [0.1, 0.15) is 0 Å². The standard InChI is InChI=1S/C30H39F3N4O3/c1-36-14-10-24(11-15-36)37-16-13-29(20-7-8-25(39-2)26(18-20)40-3)12-9-23(19-27(29)37)35-28(38)34-22-6-4-5-21(17-22)30(31,32)33/h4-8,17-18,23-24,27H,9-16,19H2,1-3H3,(H2,34,35,38). The van der Waals surface area contributed by atoms with Crippen LogP contribution in [0.3, 0.4) is 0 Å². The van der Waals surface area contributed by atoms with Crippen molar-refractivity contribution in [3.05, 3.63) is 53.6 Å². The zero-order valence-electron chi connectivity index (χ0n) is 23.4. The highest BCUT2D eigenvalue weighted by Crippen LogP contribution is 2.51. The van der Waals surface area contributed by atoms with E-state index in [4.69, 9.17) is 9.47 Å². The maximum absolute atomic E-state index is 13.1. The van der Waals surface area contributed by atoms with Crippen LogP contribution in [-0.2, 0) is 11.6 Å². The molecular formula is C30H39F3N4O3. The molecule has 2 heterocycles. The number of carbonyl (C=O) groups excluding carboxylic acids is 1. The Morgan fingerprint density at radius 2 is 1.73 bits per heavy atom. The number of nitrogens with one attached hydrogen (secondary N) is 2. The third-order valence-electron chi connectivity index (χ3n) is 9.20. The van der Waals surface area contributed by atoms with E-state index in [0.717, 1.165) is 70.3 Å². The maximum Gasteiger partial charge on any atom is 0.416 e. The van der Waals surface area contributed by atoms with Gasteiger partial charge in [0.05, 0.1) is 19.8 Å². The van der Waals surface area contributed by atoms with Gasteiger partial charge in [0.2, 0.25) is 0 Å². The maximum atomic E-state index is 13.1. The minimum absolute atomic E-state index is 0.0708. The lowest BCUT2D eigenvalue weighted by molar-refractivity contribution is -0.137. The number of alkyl halides is 3. The zero-order valence-corrected chi connectivity index (χ0v) is 23.4. The lowest BCUT2D eigenvalue weighted by Gasteiger charge is -2.48. The Bertz CT molecular complexity index is 1200.